The maximum absolute atomic E-state index is 5.56. The van der Waals surface area contributed by atoms with Crippen molar-refractivity contribution in [1.82, 2.24) is 10.2 Å². The largest absolute Gasteiger partial charge is 0.493 e. The van der Waals surface area contributed by atoms with Crippen molar-refractivity contribution in [2.75, 3.05) is 53.1 Å². The molecule has 1 aromatic carbocycles. The lowest BCUT2D eigenvalue weighted by molar-refractivity contribution is 0.0374. The number of methoxy groups -OCH3 is 1. The minimum Gasteiger partial charge on any atom is -0.493 e. The smallest absolute Gasteiger partial charge is 0.161 e. The number of nitrogens with one attached hydrogen (secondary N) is 1. The van der Waals surface area contributed by atoms with Crippen LogP contribution in [0.15, 0.2) is 30.9 Å². The molecule has 0 saturated carbocycles. The van der Waals surface area contributed by atoms with E-state index in [2.05, 4.69) is 22.9 Å². The Bertz CT molecular complexity index is 473. The number of hydrogen-bond donors (Lipinski definition) is 1. The molecule has 1 saturated heterocycles. The molecule has 1 aromatic rings. The molecule has 0 radical (unpaired) electrons. The lowest BCUT2D eigenvalue weighted by Crippen LogP contribution is -2.37. The fraction of sp³-hybridized carbons (Fsp3) is 0.556. The molecule has 5 nitrogen and oxygen atoms in total. The normalized spacial score (nSPS) is 15.3. The maximum atomic E-state index is 5.56. The van der Waals surface area contributed by atoms with Crippen molar-refractivity contribution in [2.24, 2.45) is 0 Å². The molecule has 128 valence electrons. The highest BCUT2D eigenvalue weighted by Gasteiger charge is 2.09. The summed E-state index contributed by atoms with van der Waals surface area (Å²) < 4.78 is 16.3. The number of morpholine rings is 1. The van der Waals surface area contributed by atoms with E-state index in [0.717, 1.165) is 63.9 Å². The standard InChI is InChI=1S/C18H28N2O3/c1-3-11-23-17-6-5-16(14-18(17)21-2)15-19-7-4-8-20-9-12-22-13-10-20/h3,5-6,14,19H,1,4,7-13,15H2,2H3. The average molecular weight is 320 g/mol. The van der Waals surface area contributed by atoms with Crippen LogP contribution in [0.5, 0.6) is 11.5 Å². The highest BCUT2D eigenvalue weighted by Crippen LogP contribution is 2.28. The summed E-state index contributed by atoms with van der Waals surface area (Å²) in [5, 5.41) is 3.48. The van der Waals surface area contributed by atoms with E-state index in [1.165, 1.54) is 5.56 Å². The van der Waals surface area contributed by atoms with E-state index >= 15 is 0 Å². The Morgan fingerprint density at radius 2 is 2.13 bits per heavy atom. The Balaban J connectivity index is 1.69. The molecule has 1 heterocycles. The number of benzene rings is 1. The van der Waals surface area contributed by atoms with Crippen LogP contribution in [0.1, 0.15) is 12.0 Å². The van der Waals surface area contributed by atoms with Crippen molar-refractivity contribution in [1.29, 1.82) is 0 Å². The number of hydrogen-bond acceptors (Lipinski definition) is 5. The van der Waals surface area contributed by atoms with Crippen molar-refractivity contribution < 1.29 is 14.2 Å². The first kappa shape index (κ1) is 17.8. The van der Waals surface area contributed by atoms with Crippen LogP contribution in [-0.4, -0.2) is 58.0 Å². The molecular weight excluding hydrogens is 292 g/mol. The molecule has 0 aliphatic carbocycles. The van der Waals surface area contributed by atoms with E-state index < -0.39 is 0 Å². The second kappa shape index (κ2) is 10.3. The maximum Gasteiger partial charge on any atom is 0.161 e. The molecule has 1 N–H and O–H groups in total. The predicted molar refractivity (Wildman–Crippen MR) is 92.3 cm³/mol. The Kier molecular flexibility index (Phi) is 7.93. The van der Waals surface area contributed by atoms with Gasteiger partial charge >= 0.3 is 0 Å². The van der Waals surface area contributed by atoms with Gasteiger partial charge in [-0.3, -0.25) is 4.90 Å². The minimum atomic E-state index is 0.482. The molecule has 0 bridgehead atoms. The van der Waals surface area contributed by atoms with E-state index in [9.17, 15) is 0 Å². The fourth-order valence-electron chi connectivity index (χ4n) is 2.58. The fourth-order valence-corrected chi connectivity index (χ4v) is 2.58. The molecule has 0 unspecified atom stereocenters. The molecule has 1 aliphatic rings. The summed E-state index contributed by atoms with van der Waals surface area (Å²) in [6, 6.07) is 6.04. The summed E-state index contributed by atoms with van der Waals surface area (Å²) in [5.41, 5.74) is 1.19. The zero-order valence-corrected chi connectivity index (χ0v) is 14.1. The zero-order chi connectivity index (χ0) is 16.3. The van der Waals surface area contributed by atoms with E-state index in [0.29, 0.717) is 6.61 Å². The van der Waals surface area contributed by atoms with Gasteiger partial charge in [0.05, 0.1) is 20.3 Å². The first-order valence-electron chi connectivity index (χ1n) is 8.25. The van der Waals surface area contributed by atoms with E-state index in [1.807, 2.05) is 12.1 Å². The van der Waals surface area contributed by atoms with Crippen molar-refractivity contribution in [3.8, 4) is 11.5 Å². The molecule has 0 amide bonds. The number of nitrogens with zero attached hydrogens (tertiary/aromatic N) is 1. The van der Waals surface area contributed by atoms with Gasteiger partial charge < -0.3 is 19.5 Å². The predicted octanol–water partition coefficient (Wildman–Crippen LogP) is 2.07. The third kappa shape index (κ3) is 6.22. The Hall–Kier alpha value is -1.56. The number of rotatable bonds is 10. The monoisotopic (exact) mass is 320 g/mol. The van der Waals surface area contributed by atoms with Crippen LogP contribution in [0, 0.1) is 0 Å². The topological polar surface area (TPSA) is 43.0 Å². The minimum absolute atomic E-state index is 0.482. The van der Waals surface area contributed by atoms with Crippen molar-refractivity contribution >= 4 is 0 Å². The third-order valence-corrected chi connectivity index (χ3v) is 3.85. The second-order valence-electron chi connectivity index (χ2n) is 5.57. The molecule has 5 heteroatoms. The summed E-state index contributed by atoms with van der Waals surface area (Å²) in [5.74, 6) is 1.52. The van der Waals surface area contributed by atoms with Crippen LogP contribution >= 0.6 is 0 Å². The van der Waals surface area contributed by atoms with E-state index in [4.69, 9.17) is 14.2 Å². The first-order chi connectivity index (χ1) is 11.3. The highest BCUT2D eigenvalue weighted by atomic mass is 16.5. The van der Waals surface area contributed by atoms with Crippen LogP contribution < -0.4 is 14.8 Å². The van der Waals surface area contributed by atoms with Crippen molar-refractivity contribution in [3.05, 3.63) is 36.4 Å². The quantitative estimate of drug-likeness (QED) is 0.528. The van der Waals surface area contributed by atoms with Crippen LogP contribution in [0.4, 0.5) is 0 Å². The Morgan fingerprint density at radius 3 is 2.87 bits per heavy atom. The summed E-state index contributed by atoms with van der Waals surface area (Å²) in [6.45, 7) is 11.0. The molecule has 2 rings (SSSR count). The van der Waals surface area contributed by atoms with Gasteiger partial charge in [-0.1, -0.05) is 18.7 Å². The lowest BCUT2D eigenvalue weighted by atomic mass is 10.2. The van der Waals surface area contributed by atoms with Crippen LogP contribution in [0.2, 0.25) is 0 Å². The summed E-state index contributed by atoms with van der Waals surface area (Å²) in [7, 11) is 1.66. The summed E-state index contributed by atoms with van der Waals surface area (Å²) >= 11 is 0. The van der Waals surface area contributed by atoms with Crippen LogP contribution in [0.25, 0.3) is 0 Å². The highest BCUT2D eigenvalue weighted by molar-refractivity contribution is 5.43. The van der Waals surface area contributed by atoms with Gasteiger partial charge in [0.2, 0.25) is 0 Å². The van der Waals surface area contributed by atoms with E-state index in [1.54, 1.807) is 13.2 Å². The van der Waals surface area contributed by atoms with Gasteiger partial charge in [0, 0.05) is 19.6 Å². The van der Waals surface area contributed by atoms with Crippen LogP contribution in [0.3, 0.4) is 0 Å². The molecular formula is C18H28N2O3. The third-order valence-electron chi connectivity index (χ3n) is 3.85. The van der Waals surface area contributed by atoms with Gasteiger partial charge in [0.15, 0.2) is 11.5 Å². The Labute approximate surface area is 139 Å². The average Bonchev–Trinajstić information content (AvgIpc) is 2.61. The summed E-state index contributed by atoms with van der Waals surface area (Å²) in [4.78, 5) is 2.46. The SMILES string of the molecule is C=CCOc1ccc(CNCCCN2CCOCC2)cc1OC. The lowest BCUT2D eigenvalue weighted by Gasteiger charge is -2.26. The van der Waals surface area contributed by atoms with Gasteiger partial charge in [-0.05, 0) is 37.2 Å². The molecule has 0 aromatic heterocycles. The van der Waals surface area contributed by atoms with Crippen molar-refractivity contribution in [2.45, 2.75) is 13.0 Å². The van der Waals surface area contributed by atoms with Gasteiger partial charge in [-0.15, -0.1) is 0 Å². The molecule has 1 fully saturated rings. The Morgan fingerprint density at radius 1 is 1.30 bits per heavy atom. The van der Waals surface area contributed by atoms with Crippen LogP contribution in [-0.2, 0) is 11.3 Å². The molecule has 0 spiro atoms. The second-order valence-corrected chi connectivity index (χ2v) is 5.57. The van der Waals surface area contributed by atoms with Gasteiger partial charge in [0.25, 0.3) is 0 Å². The zero-order valence-electron chi connectivity index (χ0n) is 14.1. The van der Waals surface area contributed by atoms with Gasteiger partial charge in [0.1, 0.15) is 6.61 Å². The van der Waals surface area contributed by atoms with Gasteiger partial charge in [-0.2, -0.15) is 0 Å². The van der Waals surface area contributed by atoms with Gasteiger partial charge in [-0.25, -0.2) is 0 Å². The summed E-state index contributed by atoms with van der Waals surface area (Å²) in [6.07, 6.45) is 2.88. The number of ether oxygens (including phenoxy) is 3. The van der Waals surface area contributed by atoms with Crippen molar-refractivity contribution in [3.63, 3.8) is 0 Å². The molecule has 1 aliphatic heterocycles. The van der Waals surface area contributed by atoms with E-state index in [-0.39, 0.29) is 0 Å². The molecule has 23 heavy (non-hydrogen) atoms. The first-order valence-corrected chi connectivity index (χ1v) is 8.25. The molecule has 0 atom stereocenters.